The Hall–Kier alpha value is -2.50. The molecular weight excluding hydrogens is 268 g/mol. The number of carbonyl (C=O) groups is 1. The van der Waals surface area contributed by atoms with E-state index in [1.807, 2.05) is 13.8 Å². The van der Waals surface area contributed by atoms with Crippen LogP contribution in [0.1, 0.15) is 35.9 Å². The molecule has 0 spiro atoms. The molecule has 0 unspecified atom stereocenters. The van der Waals surface area contributed by atoms with E-state index < -0.39 is 0 Å². The minimum absolute atomic E-state index is 0.137. The van der Waals surface area contributed by atoms with Gasteiger partial charge >= 0.3 is 0 Å². The maximum Gasteiger partial charge on any atom is 0.253 e. The quantitative estimate of drug-likeness (QED) is 0.708. The Balaban J connectivity index is 2.14. The summed E-state index contributed by atoms with van der Waals surface area (Å²) in [6, 6.07) is 5.14. The van der Waals surface area contributed by atoms with E-state index in [0.29, 0.717) is 35.9 Å². The van der Waals surface area contributed by atoms with Gasteiger partial charge in [0.15, 0.2) is 0 Å². The molecule has 112 valence electrons. The number of nitrogens with two attached hydrogens (primary N) is 1. The minimum Gasteiger partial charge on any atom is -0.444 e. The molecule has 0 fully saturated rings. The standard InChI is InChI=1S/C15H20N4O2/c1-3-11-8-19-14(21-11)9-18-13-7-10(16)5-6-12(13)15(20)17-4-2/h5-8,18H,3-4,9,16H2,1-2H3,(H,17,20). The van der Waals surface area contributed by atoms with Crippen LogP contribution in [0.25, 0.3) is 0 Å². The maximum atomic E-state index is 12.0. The molecule has 1 aromatic carbocycles. The van der Waals surface area contributed by atoms with Crippen molar-refractivity contribution < 1.29 is 9.21 Å². The summed E-state index contributed by atoms with van der Waals surface area (Å²) in [4.78, 5) is 16.2. The highest BCUT2D eigenvalue weighted by Crippen LogP contribution is 2.20. The fourth-order valence-electron chi connectivity index (χ4n) is 1.93. The number of amides is 1. The first-order valence-corrected chi connectivity index (χ1v) is 6.99. The zero-order chi connectivity index (χ0) is 15.2. The molecule has 6 heteroatoms. The predicted molar refractivity (Wildman–Crippen MR) is 82.1 cm³/mol. The van der Waals surface area contributed by atoms with Gasteiger partial charge in [-0.05, 0) is 25.1 Å². The van der Waals surface area contributed by atoms with Crippen LogP contribution in [0.2, 0.25) is 0 Å². The van der Waals surface area contributed by atoms with E-state index in [4.69, 9.17) is 10.2 Å². The first kappa shape index (κ1) is 14.9. The molecule has 0 aliphatic heterocycles. The van der Waals surface area contributed by atoms with Crippen LogP contribution in [0.3, 0.4) is 0 Å². The number of oxazole rings is 1. The molecule has 1 heterocycles. The zero-order valence-corrected chi connectivity index (χ0v) is 12.3. The van der Waals surface area contributed by atoms with E-state index in [1.165, 1.54) is 0 Å². The van der Waals surface area contributed by atoms with E-state index in [-0.39, 0.29) is 5.91 Å². The van der Waals surface area contributed by atoms with E-state index >= 15 is 0 Å². The van der Waals surface area contributed by atoms with Crippen LogP contribution in [0, 0.1) is 0 Å². The summed E-state index contributed by atoms with van der Waals surface area (Å²) in [5.74, 6) is 1.28. The van der Waals surface area contributed by atoms with Crippen molar-refractivity contribution in [2.45, 2.75) is 26.8 Å². The Morgan fingerprint density at radius 2 is 2.19 bits per heavy atom. The Morgan fingerprint density at radius 1 is 1.38 bits per heavy atom. The minimum atomic E-state index is -0.137. The second-order valence-corrected chi connectivity index (χ2v) is 4.59. The molecule has 0 bridgehead atoms. The summed E-state index contributed by atoms with van der Waals surface area (Å²) >= 11 is 0. The van der Waals surface area contributed by atoms with Crippen molar-refractivity contribution in [3.8, 4) is 0 Å². The predicted octanol–water partition coefficient (Wildman–Crippen LogP) is 2.18. The molecule has 0 aliphatic rings. The monoisotopic (exact) mass is 288 g/mol. The van der Waals surface area contributed by atoms with Crippen LogP contribution < -0.4 is 16.4 Å². The average molecular weight is 288 g/mol. The Morgan fingerprint density at radius 3 is 2.86 bits per heavy atom. The number of nitrogen functional groups attached to an aromatic ring is 1. The van der Waals surface area contributed by atoms with Crippen molar-refractivity contribution in [1.29, 1.82) is 0 Å². The largest absolute Gasteiger partial charge is 0.444 e. The Labute approximate surface area is 123 Å². The van der Waals surface area contributed by atoms with Crippen LogP contribution in [-0.4, -0.2) is 17.4 Å². The summed E-state index contributed by atoms with van der Waals surface area (Å²) in [6.07, 6.45) is 2.51. The number of hydrogen-bond donors (Lipinski definition) is 3. The van der Waals surface area contributed by atoms with Gasteiger partial charge in [-0.25, -0.2) is 4.98 Å². The van der Waals surface area contributed by atoms with Crippen LogP contribution in [0.4, 0.5) is 11.4 Å². The molecule has 21 heavy (non-hydrogen) atoms. The number of carbonyl (C=O) groups excluding carboxylic acids is 1. The van der Waals surface area contributed by atoms with Crippen molar-refractivity contribution in [2.24, 2.45) is 0 Å². The molecule has 2 aromatic rings. The van der Waals surface area contributed by atoms with Gasteiger partial charge in [0.1, 0.15) is 5.76 Å². The van der Waals surface area contributed by atoms with Crippen molar-refractivity contribution in [3.63, 3.8) is 0 Å². The van der Waals surface area contributed by atoms with Gasteiger partial charge in [-0.2, -0.15) is 0 Å². The third kappa shape index (κ3) is 3.75. The first-order valence-electron chi connectivity index (χ1n) is 6.99. The van der Waals surface area contributed by atoms with Crippen molar-refractivity contribution in [3.05, 3.63) is 41.6 Å². The number of rotatable bonds is 6. The van der Waals surface area contributed by atoms with Gasteiger partial charge in [0.25, 0.3) is 5.91 Å². The van der Waals surface area contributed by atoms with E-state index in [1.54, 1.807) is 24.4 Å². The van der Waals surface area contributed by atoms with E-state index in [0.717, 1.165) is 12.2 Å². The number of aryl methyl sites for hydroxylation is 1. The fourth-order valence-corrected chi connectivity index (χ4v) is 1.93. The van der Waals surface area contributed by atoms with Gasteiger partial charge in [-0.15, -0.1) is 0 Å². The number of nitrogens with zero attached hydrogens (tertiary/aromatic N) is 1. The van der Waals surface area contributed by atoms with Crippen LogP contribution in [-0.2, 0) is 13.0 Å². The van der Waals surface area contributed by atoms with Gasteiger partial charge < -0.3 is 20.8 Å². The molecule has 0 saturated carbocycles. The van der Waals surface area contributed by atoms with Crippen molar-refractivity contribution in [2.75, 3.05) is 17.6 Å². The van der Waals surface area contributed by atoms with Gasteiger partial charge in [0, 0.05) is 24.3 Å². The number of nitrogens with one attached hydrogen (secondary N) is 2. The third-order valence-corrected chi connectivity index (χ3v) is 3.01. The molecule has 0 radical (unpaired) electrons. The molecular formula is C15H20N4O2. The van der Waals surface area contributed by atoms with Gasteiger partial charge in [0.2, 0.25) is 5.89 Å². The second kappa shape index (κ2) is 6.78. The third-order valence-electron chi connectivity index (χ3n) is 3.01. The number of hydrogen-bond acceptors (Lipinski definition) is 5. The molecule has 1 aromatic heterocycles. The lowest BCUT2D eigenvalue weighted by molar-refractivity contribution is 0.0956. The lowest BCUT2D eigenvalue weighted by Crippen LogP contribution is -2.24. The smallest absolute Gasteiger partial charge is 0.253 e. The van der Waals surface area contributed by atoms with Gasteiger partial charge in [-0.1, -0.05) is 6.92 Å². The van der Waals surface area contributed by atoms with Gasteiger partial charge in [0.05, 0.1) is 18.3 Å². The van der Waals surface area contributed by atoms with Crippen molar-refractivity contribution >= 4 is 17.3 Å². The van der Waals surface area contributed by atoms with Crippen LogP contribution >= 0.6 is 0 Å². The second-order valence-electron chi connectivity index (χ2n) is 4.59. The Kier molecular flexibility index (Phi) is 4.81. The van der Waals surface area contributed by atoms with E-state index in [2.05, 4.69) is 15.6 Å². The lowest BCUT2D eigenvalue weighted by Gasteiger charge is -2.11. The summed E-state index contributed by atoms with van der Waals surface area (Å²) in [5, 5.41) is 5.92. The summed E-state index contributed by atoms with van der Waals surface area (Å²) in [6.45, 7) is 4.85. The number of benzene rings is 1. The molecule has 1 amide bonds. The summed E-state index contributed by atoms with van der Waals surface area (Å²) < 4.78 is 5.53. The Bertz CT molecular complexity index is 622. The maximum absolute atomic E-state index is 12.0. The van der Waals surface area contributed by atoms with Crippen LogP contribution in [0.15, 0.2) is 28.8 Å². The van der Waals surface area contributed by atoms with E-state index in [9.17, 15) is 4.79 Å². The molecule has 0 aliphatic carbocycles. The molecule has 6 nitrogen and oxygen atoms in total. The summed E-state index contributed by atoms with van der Waals surface area (Å²) in [7, 11) is 0. The van der Waals surface area contributed by atoms with Crippen molar-refractivity contribution in [1.82, 2.24) is 10.3 Å². The first-order chi connectivity index (χ1) is 10.1. The lowest BCUT2D eigenvalue weighted by atomic mass is 10.1. The molecule has 4 N–H and O–H groups in total. The zero-order valence-electron chi connectivity index (χ0n) is 12.3. The van der Waals surface area contributed by atoms with Gasteiger partial charge in [-0.3, -0.25) is 4.79 Å². The molecule has 2 rings (SSSR count). The number of anilines is 2. The normalized spacial score (nSPS) is 10.4. The fraction of sp³-hybridized carbons (Fsp3) is 0.333. The number of aromatic nitrogens is 1. The van der Waals surface area contributed by atoms with Crippen LogP contribution in [0.5, 0.6) is 0 Å². The highest BCUT2D eigenvalue weighted by molar-refractivity contribution is 6.00. The molecule has 0 atom stereocenters. The highest BCUT2D eigenvalue weighted by atomic mass is 16.4. The summed E-state index contributed by atoms with van der Waals surface area (Å²) in [5.41, 5.74) is 7.59. The SMILES string of the molecule is CCNC(=O)c1ccc(N)cc1NCc1ncc(CC)o1. The average Bonchev–Trinajstić information content (AvgIpc) is 2.93. The molecule has 0 saturated heterocycles. The highest BCUT2D eigenvalue weighted by Gasteiger charge is 2.11. The topological polar surface area (TPSA) is 93.2 Å².